The molecule has 0 unspecified atom stereocenters. The SMILES string of the molecule is CC(=CCl)NOCC(=O)O. The Kier molecular flexibility index (Phi) is 4.70. The standard InChI is InChI=1S/C5H8ClNO3/c1-4(2-6)7-10-3-5(8)9/h2,7H,3H2,1H3,(H,8,9). The third-order valence-corrected chi connectivity index (χ3v) is 0.920. The van der Waals surface area contributed by atoms with Gasteiger partial charge in [-0.05, 0) is 6.92 Å². The molecule has 2 N–H and O–H groups in total. The van der Waals surface area contributed by atoms with Crippen LogP contribution in [0.4, 0.5) is 0 Å². The number of allylic oxidation sites excluding steroid dienone is 1. The van der Waals surface area contributed by atoms with E-state index >= 15 is 0 Å². The van der Waals surface area contributed by atoms with Crippen LogP contribution < -0.4 is 5.48 Å². The predicted octanol–water partition coefficient (Wildman–Crippen LogP) is 0.692. The minimum atomic E-state index is -1.03. The van der Waals surface area contributed by atoms with Crippen LogP contribution in [0.3, 0.4) is 0 Å². The molecule has 0 aromatic heterocycles. The second-order valence-corrected chi connectivity index (χ2v) is 1.79. The Hall–Kier alpha value is -0.740. The van der Waals surface area contributed by atoms with E-state index in [0.29, 0.717) is 5.70 Å². The normalized spacial score (nSPS) is 11.2. The summed E-state index contributed by atoms with van der Waals surface area (Å²) in [5, 5.41) is 8.08. The number of hydrogen-bond acceptors (Lipinski definition) is 3. The molecule has 10 heavy (non-hydrogen) atoms. The van der Waals surface area contributed by atoms with Gasteiger partial charge in [-0.15, -0.1) is 0 Å². The third kappa shape index (κ3) is 5.40. The Bertz CT molecular complexity index is 146. The van der Waals surface area contributed by atoms with E-state index in [1.807, 2.05) is 0 Å². The van der Waals surface area contributed by atoms with Crippen molar-refractivity contribution >= 4 is 17.6 Å². The van der Waals surface area contributed by atoms with Gasteiger partial charge in [0.2, 0.25) is 0 Å². The van der Waals surface area contributed by atoms with Crippen molar-refractivity contribution in [2.75, 3.05) is 6.61 Å². The monoisotopic (exact) mass is 165 g/mol. The smallest absolute Gasteiger partial charge is 0.332 e. The Morgan fingerprint density at radius 3 is 2.90 bits per heavy atom. The molecule has 4 nitrogen and oxygen atoms in total. The van der Waals surface area contributed by atoms with E-state index in [4.69, 9.17) is 16.7 Å². The van der Waals surface area contributed by atoms with E-state index in [2.05, 4.69) is 10.3 Å². The number of aliphatic carboxylic acids is 1. The van der Waals surface area contributed by atoms with Crippen LogP contribution in [0.15, 0.2) is 11.2 Å². The molecule has 0 spiro atoms. The highest BCUT2D eigenvalue weighted by Crippen LogP contribution is 1.88. The average Bonchev–Trinajstić information content (AvgIpc) is 1.87. The summed E-state index contributed by atoms with van der Waals surface area (Å²) in [4.78, 5) is 14.3. The van der Waals surface area contributed by atoms with Crippen molar-refractivity contribution in [3.05, 3.63) is 11.2 Å². The molecule has 0 bridgehead atoms. The molecule has 0 aromatic rings. The topological polar surface area (TPSA) is 58.6 Å². The molecule has 0 aromatic carbocycles. The van der Waals surface area contributed by atoms with Gasteiger partial charge in [-0.1, -0.05) is 11.6 Å². The molecular formula is C5H8ClNO3. The van der Waals surface area contributed by atoms with Gasteiger partial charge in [-0.25, -0.2) is 4.79 Å². The molecule has 0 amide bonds. The molecule has 0 saturated carbocycles. The molecule has 0 aliphatic carbocycles. The molecule has 0 saturated heterocycles. The quantitative estimate of drug-likeness (QED) is 0.602. The number of carboxylic acid groups (broad SMARTS) is 1. The van der Waals surface area contributed by atoms with Crippen LogP contribution in [0.2, 0.25) is 0 Å². The van der Waals surface area contributed by atoms with Crippen LogP contribution in [0.1, 0.15) is 6.92 Å². The number of hydroxylamine groups is 1. The van der Waals surface area contributed by atoms with Gasteiger partial charge in [-0.2, -0.15) is 0 Å². The van der Waals surface area contributed by atoms with Gasteiger partial charge in [0.05, 0.1) is 0 Å². The molecule has 58 valence electrons. The molecule has 0 rings (SSSR count). The van der Waals surface area contributed by atoms with Crippen molar-refractivity contribution in [2.24, 2.45) is 0 Å². The van der Waals surface area contributed by atoms with Crippen LogP contribution in [0.25, 0.3) is 0 Å². The lowest BCUT2D eigenvalue weighted by Crippen LogP contribution is -2.17. The summed E-state index contributed by atoms with van der Waals surface area (Å²) in [6.07, 6.45) is 0. The second-order valence-electron chi connectivity index (χ2n) is 1.58. The lowest BCUT2D eigenvalue weighted by molar-refractivity contribution is -0.144. The van der Waals surface area contributed by atoms with Gasteiger partial charge >= 0.3 is 5.97 Å². The van der Waals surface area contributed by atoms with Crippen LogP contribution in [0.5, 0.6) is 0 Å². The highest BCUT2D eigenvalue weighted by atomic mass is 35.5. The summed E-state index contributed by atoms with van der Waals surface area (Å²) in [5.41, 5.74) is 4.12. The fraction of sp³-hybridized carbons (Fsp3) is 0.400. The van der Waals surface area contributed by atoms with Gasteiger partial charge in [0.25, 0.3) is 0 Å². The number of halogens is 1. The maximum atomic E-state index is 9.85. The van der Waals surface area contributed by atoms with Gasteiger partial charge in [0.15, 0.2) is 6.61 Å². The zero-order chi connectivity index (χ0) is 7.98. The molecule has 0 heterocycles. The van der Waals surface area contributed by atoms with E-state index in [0.717, 1.165) is 0 Å². The summed E-state index contributed by atoms with van der Waals surface area (Å²) in [6, 6.07) is 0. The minimum absolute atomic E-state index is 0.387. The van der Waals surface area contributed by atoms with Crippen molar-refractivity contribution in [1.82, 2.24) is 5.48 Å². The van der Waals surface area contributed by atoms with Crippen LogP contribution in [-0.2, 0) is 9.63 Å². The lowest BCUT2D eigenvalue weighted by Gasteiger charge is -2.01. The fourth-order valence-electron chi connectivity index (χ4n) is 0.234. The van der Waals surface area contributed by atoms with Crippen LogP contribution >= 0.6 is 11.6 Å². The third-order valence-electron chi connectivity index (χ3n) is 0.592. The molecule has 0 aliphatic rings. The lowest BCUT2D eigenvalue weighted by atomic mass is 10.6. The van der Waals surface area contributed by atoms with Crippen molar-refractivity contribution < 1.29 is 14.7 Å². The Morgan fingerprint density at radius 1 is 1.90 bits per heavy atom. The maximum Gasteiger partial charge on any atom is 0.332 e. The first kappa shape index (κ1) is 9.26. The summed E-state index contributed by atoms with van der Waals surface area (Å²) in [6.45, 7) is 1.26. The number of carboxylic acids is 1. The Balaban J connectivity index is 3.29. The maximum absolute atomic E-state index is 9.85. The molecule has 0 aliphatic heterocycles. The van der Waals surface area contributed by atoms with E-state index < -0.39 is 5.97 Å². The predicted molar refractivity (Wildman–Crippen MR) is 36.3 cm³/mol. The van der Waals surface area contributed by atoms with Gasteiger partial charge in [0, 0.05) is 11.2 Å². The first-order valence-corrected chi connectivity index (χ1v) is 2.97. The minimum Gasteiger partial charge on any atom is -0.479 e. The van der Waals surface area contributed by atoms with Crippen molar-refractivity contribution in [2.45, 2.75) is 6.92 Å². The molecule has 0 radical (unpaired) electrons. The summed E-state index contributed by atoms with van der Waals surface area (Å²) in [7, 11) is 0. The van der Waals surface area contributed by atoms with E-state index in [9.17, 15) is 4.79 Å². The molecular weight excluding hydrogens is 158 g/mol. The second kappa shape index (κ2) is 5.08. The summed E-state index contributed by atoms with van der Waals surface area (Å²) in [5.74, 6) is -1.03. The largest absolute Gasteiger partial charge is 0.479 e. The highest BCUT2D eigenvalue weighted by molar-refractivity contribution is 6.25. The zero-order valence-corrected chi connectivity index (χ0v) is 6.18. The molecule has 0 fully saturated rings. The van der Waals surface area contributed by atoms with E-state index in [-0.39, 0.29) is 6.61 Å². The van der Waals surface area contributed by atoms with Crippen molar-refractivity contribution in [3.8, 4) is 0 Å². The van der Waals surface area contributed by atoms with Crippen LogP contribution in [0, 0.1) is 0 Å². The molecule has 0 atom stereocenters. The highest BCUT2D eigenvalue weighted by Gasteiger charge is 1.94. The van der Waals surface area contributed by atoms with E-state index in [1.54, 1.807) is 6.92 Å². The van der Waals surface area contributed by atoms with E-state index in [1.165, 1.54) is 5.54 Å². The first-order valence-electron chi connectivity index (χ1n) is 2.53. The first-order chi connectivity index (χ1) is 4.66. The summed E-state index contributed by atoms with van der Waals surface area (Å²) < 4.78 is 0. The van der Waals surface area contributed by atoms with Crippen molar-refractivity contribution in [1.29, 1.82) is 0 Å². The van der Waals surface area contributed by atoms with Gasteiger partial charge < -0.3 is 5.11 Å². The number of nitrogens with one attached hydrogen (secondary N) is 1. The number of rotatable bonds is 4. The summed E-state index contributed by atoms with van der Waals surface area (Å²) >= 11 is 5.22. The number of carbonyl (C=O) groups is 1. The number of hydrogen-bond donors (Lipinski definition) is 2. The Morgan fingerprint density at radius 2 is 2.50 bits per heavy atom. The molecule has 5 heteroatoms. The van der Waals surface area contributed by atoms with Crippen LogP contribution in [-0.4, -0.2) is 17.7 Å². The zero-order valence-electron chi connectivity index (χ0n) is 5.43. The van der Waals surface area contributed by atoms with Gasteiger partial charge in [0.1, 0.15) is 0 Å². The Labute approximate surface area is 63.4 Å². The van der Waals surface area contributed by atoms with Gasteiger partial charge in [-0.3, -0.25) is 10.3 Å². The van der Waals surface area contributed by atoms with Crippen molar-refractivity contribution in [3.63, 3.8) is 0 Å². The fourth-order valence-corrected chi connectivity index (χ4v) is 0.278. The average molecular weight is 166 g/mol.